The number of fused-ring (bicyclic) bond motifs is 1. The molecule has 1 aromatic heterocycles. The highest BCUT2D eigenvalue weighted by Crippen LogP contribution is 2.33. The number of rotatable bonds is 5. The number of pyridine rings is 1. The quantitative estimate of drug-likeness (QED) is 0.866. The van der Waals surface area contributed by atoms with Crippen LogP contribution >= 0.6 is 0 Å². The van der Waals surface area contributed by atoms with Crippen LogP contribution in [0, 0.1) is 0 Å². The molecule has 2 aromatic rings. The van der Waals surface area contributed by atoms with Gasteiger partial charge in [-0.1, -0.05) is 13.0 Å². The van der Waals surface area contributed by atoms with E-state index in [4.69, 9.17) is 14.6 Å². The first-order valence-electron chi connectivity index (χ1n) is 7.98. The maximum Gasteiger partial charge on any atom is 0.354 e. The zero-order valence-corrected chi connectivity index (χ0v) is 13.7. The minimum atomic E-state index is -1.17. The van der Waals surface area contributed by atoms with Gasteiger partial charge in [-0.15, -0.1) is 0 Å². The Morgan fingerprint density at radius 3 is 2.68 bits per heavy atom. The average molecular weight is 342 g/mol. The van der Waals surface area contributed by atoms with Crippen molar-refractivity contribution in [1.29, 1.82) is 0 Å². The number of benzene rings is 1. The van der Waals surface area contributed by atoms with E-state index in [1.54, 1.807) is 0 Å². The van der Waals surface area contributed by atoms with Gasteiger partial charge in [-0.25, -0.2) is 9.78 Å². The van der Waals surface area contributed by atoms with Gasteiger partial charge in [-0.05, 0) is 36.2 Å². The highest BCUT2D eigenvalue weighted by Gasteiger charge is 2.19. The number of nitrogens with zero attached hydrogens (tertiary/aromatic N) is 1. The Kier molecular flexibility index (Phi) is 4.83. The van der Waals surface area contributed by atoms with E-state index in [1.165, 1.54) is 18.3 Å². The summed E-state index contributed by atoms with van der Waals surface area (Å²) in [5.41, 5.74) is 0.982. The number of carbonyl (C=O) groups is 2. The van der Waals surface area contributed by atoms with Crippen molar-refractivity contribution in [2.45, 2.75) is 19.4 Å². The molecular weight excluding hydrogens is 324 g/mol. The maximum atomic E-state index is 12.5. The van der Waals surface area contributed by atoms with Gasteiger partial charge >= 0.3 is 5.97 Å². The standard InChI is InChI=1S/C18H18N2O5/c1-2-13(11-3-4-15-16(10-11)25-8-7-24-15)20-17(21)12-5-6-19-14(9-12)18(22)23/h3-6,9-10,13H,2,7-8H2,1H3,(H,20,21)(H,22,23)/t13-/m0/s1. The summed E-state index contributed by atoms with van der Waals surface area (Å²) < 4.78 is 11.1. The number of hydrogen-bond acceptors (Lipinski definition) is 5. The Labute approximate surface area is 144 Å². The lowest BCUT2D eigenvalue weighted by Crippen LogP contribution is -2.28. The second kappa shape index (κ2) is 7.21. The normalized spacial score (nSPS) is 13.8. The summed E-state index contributed by atoms with van der Waals surface area (Å²) in [6, 6.07) is 8.08. The lowest BCUT2D eigenvalue weighted by atomic mass is 10.0. The van der Waals surface area contributed by atoms with Crippen LogP contribution in [0.1, 0.15) is 45.8 Å². The van der Waals surface area contributed by atoms with Crippen LogP contribution in [0.2, 0.25) is 0 Å². The number of nitrogens with one attached hydrogen (secondary N) is 1. The van der Waals surface area contributed by atoms with Crippen LogP contribution in [0.25, 0.3) is 0 Å². The first kappa shape index (κ1) is 16.8. The van der Waals surface area contributed by atoms with Crippen LogP contribution in [0.15, 0.2) is 36.5 Å². The third kappa shape index (κ3) is 3.71. The Morgan fingerprint density at radius 1 is 1.20 bits per heavy atom. The van der Waals surface area contributed by atoms with Gasteiger partial charge in [0.1, 0.15) is 18.9 Å². The fourth-order valence-electron chi connectivity index (χ4n) is 2.63. The number of amides is 1. The molecule has 0 saturated heterocycles. The molecule has 1 atom stereocenters. The molecule has 25 heavy (non-hydrogen) atoms. The fourth-order valence-corrected chi connectivity index (χ4v) is 2.63. The van der Waals surface area contributed by atoms with Crippen LogP contribution < -0.4 is 14.8 Å². The summed E-state index contributed by atoms with van der Waals surface area (Å²) in [6.45, 7) is 2.97. The zero-order valence-electron chi connectivity index (χ0n) is 13.7. The van der Waals surface area contributed by atoms with Crippen molar-refractivity contribution in [2.24, 2.45) is 0 Å². The largest absolute Gasteiger partial charge is 0.486 e. The van der Waals surface area contributed by atoms with Crippen molar-refractivity contribution >= 4 is 11.9 Å². The smallest absolute Gasteiger partial charge is 0.354 e. The van der Waals surface area contributed by atoms with Gasteiger partial charge in [0, 0.05) is 11.8 Å². The van der Waals surface area contributed by atoms with E-state index in [1.807, 2.05) is 25.1 Å². The number of ether oxygens (including phenoxy) is 2. The number of carboxylic acid groups (broad SMARTS) is 1. The molecule has 1 aliphatic heterocycles. The summed E-state index contributed by atoms with van der Waals surface area (Å²) in [4.78, 5) is 27.2. The molecule has 2 heterocycles. The SMILES string of the molecule is CC[C@H](NC(=O)c1ccnc(C(=O)O)c1)c1ccc2c(c1)OCCO2. The molecule has 0 aliphatic carbocycles. The van der Waals surface area contributed by atoms with Crippen molar-refractivity contribution in [2.75, 3.05) is 13.2 Å². The first-order chi connectivity index (χ1) is 12.1. The van der Waals surface area contributed by atoms with Gasteiger partial charge in [0.25, 0.3) is 5.91 Å². The Bertz CT molecular complexity index is 806. The predicted molar refractivity (Wildman–Crippen MR) is 89.1 cm³/mol. The van der Waals surface area contributed by atoms with E-state index in [2.05, 4.69) is 10.3 Å². The molecule has 7 heteroatoms. The van der Waals surface area contributed by atoms with Gasteiger partial charge in [-0.2, -0.15) is 0 Å². The molecule has 0 bridgehead atoms. The van der Waals surface area contributed by atoms with E-state index in [0.717, 1.165) is 5.56 Å². The molecule has 0 fully saturated rings. The lowest BCUT2D eigenvalue weighted by Gasteiger charge is -2.22. The minimum Gasteiger partial charge on any atom is -0.486 e. The minimum absolute atomic E-state index is 0.167. The molecule has 130 valence electrons. The van der Waals surface area contributed by atoms with E-state index in [-0.39, 0.29) is 23.2 Å². The van der Waals surface area contributed by atoms with Crippen molar-refractivity contribution in [3.8, 4) is 11.5 Å². The number of aromatic nitrogens is 1. The van der Waals surface area contributed by atoms with Crippen LogP contribution in [0.5, 0.6) is 11.5 Å². The van der Waals surface area contributed by atoms with E-state index in [0.29, 0.717) is 31.1 Å². The molecule has 1 aromatic carbocycles. The molecule has 2 N–H and O–H groups in total. The fraction of sp³-hybridized carbons (Fsp3) is 0.278. The van der Waals surface area contributed by atoms with Gasteiger partial charge in [0.05, 0.1) is 6.04 Å². The summed E-state index contributed by atoms with van der Waals surface area (Å²) in [5, 5.41) is 11.9. The Morgan fingerprint density at radius 2 is 1.96 bits per heavy atom. The second-order valence-electron chi connectivity index (χ2n) is 5.57. The Balaban J connectivity index is 1.79. The van der Waals surface area contributed by atoms with Gasteiger partial charge in [-0.3, -0.25) is 4.79 Å². The summed E-state index contributed by atoms with van der Waals surface area (Å²) in [7, 11) is 0. The average Bonchev–Trinajstić information content (AvgIpc) is 2.65. The molecule has 3 rings (SSSR count). The monoisotopic (exact) mass is 342 g/mol. The third-order valence-electron chi connectivity index (χ3n) is 3.92. The molecule has 0 spiro atoms. The summed E-state index contributed by atoms with van der Waals surface area (Å²) >= 11 is 0. The number of aromatic carboxylic acids is 1. The molecule has 0 saturated carbocycles. The zero-order chi connectivity index (χ0) is 17.8. The molecule has 7 nitrogen and oxygen atoms in total. The number of carbonyl (C=O) groups excluding carboxylic acids is 1. The number of carboxylic acids is 1. The lowest BCUT2D eigenvalue weighted by molar-refractivity contribution is 0.0690. The molecule has 1 aliphatic rings. The van der Waals surface area contributed by atoms with Gasteiger partial charge in [0.2, 0.25) is 0 Å². The van der Waals surface area contributed by atoms with E-state index in [9.17, 15) is 9.59 Å². The van der Waals surface area contributed by atoms with Gasteiger partial charge < -0.3 is 19.9 Å². The molecule has 0 radical (unpaired) electrons. The van der Waals surface area contributed by atoms with Crippen LogP contribution in [0.4, 0.5) is 0 Å². The van der Waals surface area contributed by atoms with Gasteiger partial charge in [0.15, 0.2) is 11.5 Å². The Hall–Kier alpha value is -3.09. The van der Waals surface area contributed by atoms with Crippen LogP contribution in [0.3, 0.4) is 0 Å². The predicted octanol–water partition coefficient (Wildman–Crippen LogP) is 2.43. The molecular formula is C18H18N2O5. The first-order valence-corrected chi connectivity index (χ1v) is 7.98. The highest BCUT2D eigenvalue weighted by atomic mass is 16.6. The van der Waals surface area contributed by atoms with Crippen LogP contribution in [-0.2, 0) is 0 Å². The maximum absolute atomic E-state index is 12.5. The highest BCUT2D eigenvalue weighted by molar-refractivity contribution is 5.96. The molecule has 0 unspecified atom stereocenters. The summed E-state index contributed by atoms with van der Waals surface area (Å²) in [6.07, 6.45) is 1.98. The van der Waals surface area contributed by atoms with E-state index >= 15 is 0 Å². The van der Waals surface area contributed by atoms with Crippen molar-refractivity contribution < 1.29 is 24.2 Å². The molecule has 1 amide bonds. The second-order valence-corrected chi connectivity index (χ2v) is 5.57. The topological polar surface area (TPSA) is 97.8 Å². The third-order valence-corrected chi connectivity index (χ3v) is 3.92. The van der Waals surface area contributed by atoms with Crippen LogP contribution in [-0.4, -0.2) is 35.2 Å². The van der Waals surface area contributed by atoms with Crippen molar-refractivity contribution in [3.63, 3.8) is 0 Å². The van der Waals surface area contributed by atoms with E-state index < -0.39 is 5.97 Å². The number of hydrogen-bond donors (Lipinski definition) is 2. The van der Waals surface area contributed by atoms with Crippen molar-refractivity contribution in [3.05, 3.63) is 53.3 Å². The van der Waals surface area contributed by atoms with Crippen molar-refractivity contribution in [1.82, 2.24) is 10.3 Å². The summed E-state index contributed by atoms with van der Waals surface area (Å²) in [5.74, 6) is -0.176.